The van der Waals surface area contributed by atoms with E-state index in [9.17, 15) is 0 Å². The fourth-order valence-corrected chi connectivity index (χ4v) is 6.47. The van der Waals surface area contributed by atoms with Gasteiger partial charge in [0.2, 0.25) is 0 Å². The quantitative estimate of drug-likeness (QED) is 0.220. The maximum Gasteiger partial charge on any atom is 0.0406 e. The van der Waals surface area contributed by atoms with E-state index in [2.05, 4.69) is 103 Å². The Kier molecular flexibility index (Phi) is 4.48. The summed E-state index contributed by atoms with van der Waals surface area (Å²) in [6.45, 7) is 0. The molecule has 0 N–H and O–H groups in total. The average molecular weight is 471 g/mol. The first-order valence-electron chi connectivity index (χ1n) is 11.4. The zero-order valence-corrected chi connectivity index (χ0v) is 19.8. The molecule has 0 saturated carbocycles. The first-order valence-corrected chi connectivity index (χ1v) is 12.6. The van der Waals surface area contributed by atoms with Crippen molar-refractivity contribution in [1.82, 2.24) is 0 Å². The lowest BCUT2D eigenvalue weighted by Gasteiger charge is -2.17. The zero-order valence-electron chi connectivity index (χ0n) is 18.3. The Morgan fingerprint density at radius 3 is 2.00 bits per heavy atom. The largest absolute Gasteiger partial charge is 0.135 e. The summed E-state index contributed by atoms with van der Waals surface area (Å²) in [6, 6.07) is 41.4. The van der Waals surface area contributed by atoms with Crippen LogP contribution in [0.3, 0.4) is 0 Å². The lowest BCUT2D eigenvalue weighted by molar-refractivity contribution is 1.64. The highest BCUT2D eigenvalue weighted by atomic mass is 35.5. The number of benzene rings is 6. The molecule has 0 bridgehead atoms. The smallest absolute Gasteiger partial charge is 0.0406 e. The van der Waals surface area contributed by atoms with Crippen molar-refractivity contribution in [2.24, 2.45) is 0 Å². The van der Waals surface area contributed by atoms with Gasteiger partial charge in [-0.25, -0.2) is 0 Å². The molecule has 1 heterocycles. The molecule has 7 rings (SSSR count). The Morgan fingerprint density at radius 1 is 0.500 bits per heavy atom. The molecule has 0 atom stereocenters. The molecule has 0 unspecified atom stereocenters. The molecule has 0 saturated heterocycles. The monoisotopic (exact) mass is 470 g/mol. The van der Waals surface area contributed by atoms with Crippen LogP contribution in [0.25, 0.3) is 64.0 Å². The topological polar surface area (TPSA) is 0 Å². The van der Waals surface area contributed by atoms with Gasteiger partial charge in [-0.2, -0.15) is 0 Å². The van der Waals surface area contributed by atoms with Crippen LogP contribution in [-0.4, -0.2) is 0 Å². The predicted octanol–water partition coefficient (Wildman–Crippen LogP) is 10.3. The third kappa shape index (κ3) is 2.98. The van der Waals surface area contributed by atoms with Gasteiger partial charge in [-0.15, -0.1) is 11.3 Å². The molecule has 34 heavy (non-hydrogen) atoms. The van der Waals surface area contributed by atoms with Gasteiger partial charge in [0.25, 0.3) is 0 Å². The summed E-state index contributed by atoms with van der Waals surface area (Å²) in [6.07, 6.45) is 0. The summed E-state index contributed by atoms with van der Waals surface area (Å²) in [4.78, 5) is 0. The fraction of sp³-hybridized carbons (Fsp3) is 0. The van der Waals surface area contributed by atoms with E-state index in [1.54, 1.807) is 0 Å². The summed E-state index contributed by atoms with van der Waals surface area (Å²) in [5.74, 6) is 0. The summed E-state index contributed by atoms with van der Waals surface area (Å²) < 4.78 is 2.63. The molecule has 1 aromatic heterocycles. The van der Waals surface area contributed by atoms with Crippen LogP contribution in [0.15, 0.2) is 115 Å². The number of rotatable bonds is 2. The van der Waals surface area contributed by atoms with Crippen molar-refractivity contribution in [3.8, 4) is 22.3 Å². The van der Waals surface area contributed by atoms with Crippen molar-refractivity contribution in [3.63, 3.8) is 0 Å². The van der Waals surface area contributed by atoms with E-state index >= 15 is 0 Å². The molecule has 0 nitrogen and oxygen atoms in total. The van der Waals surface area contributed by atoms with Crippen LogP contribution >= 0.6 is 22.9 Å². The van der Waals surface area contributed by atoms with Gasteiger partial charge >= 0.3 is 0 Å². The maximum absolute atomic E-state index is 6.26. The molecule has 160 valence electrons. The molecule has 0 radical (unpaired) electrons. The van der Waals surface area contributed by atoms with Crippen molar-refractivity contribution in [2.45, 2.75) is 0 Å². The molecule has 2 heteroatoms. The van der Waals surface area contributed by atoms with Crippen molar-refractivity contribution < 1.29 is 0 Å². The third-order valence-corrected chi connectivity index (χ3v) is 8.12. The molecular formula is C32H19ClS. The average Bonchev–Trinajstić information content (AvgIpc) is 3.27. The van der Waals surface area contributed by atoms with E-state index in [1.165, 1.54) is 64.0 Å². The SMILES string of the molecule is Clc1ccc(-c2ccc3sc4ccccc4c3c2-c2cc3ccccc3c3ccccc23)cc1. The number of hydrogen-bond donors (Lipinski definition) is 0. The van der Waals surface area contributed by atoms with Crippen LogP contribution in [-0.2, 0) is 0 Å². The lowest BCUT2D eigenvalue weighted by Crippen LogP contribution is -1.90. The number of halogens is 1. The first-order chi connectivity index (χ1) is 16.8. The minimum Gasteiger partial charge on any atom is -0.135 e. The van der Waals surface area contributed by atoms with Gasteiger partial charge in [0, 0.05) is 25.2 Å². The van der Waals surface area contributed by atoms with Gasteiger partial charge in [0.1, 0.15) is 0 Å². The van der Waals surface area contributed by atoms with Gasteiger partial charge in [0.15, 0.2) is 0 Å². The van der Waals surface area contributed by atoms with Crippen LogP contribution in [0.2, 0.25) is 5.02 Å². The molecule has 0 aliphatic heterocycles. The van der Waals surface area contributed by atoms with Gasteiger partial charge in [-0.1, -0.05) is 96.5 Å². The number of fused-ring (bicyclic) bond motifs is 6. The molecular weight excluding hydrogens is 452 g/mol. The predicted molar refractivity (Wildman–Crippen MR) is 150 cm³/mol. The number of hydrogen-bond acceptors (Lipinski definition) is 1. The fourth-order valence-electron chi connectivity index (χ4n) is 5.23. The maximum atomic E-state index is 6.26. The van der Waals surface area contributed by atoms with E-state index in [0.29, 0.717) is 0 Å². The second-order valence-corrected chi connectivity index (χ2v) is 10.2. The van der Waals surface area contributed by atoms with Crippen LogP contribution in [0.1, 0.15) is 0 Å². The van der Waals surface area contributed by atoms with E-state index in [0.717, 1.165) is 5.02 Å². The summed E-state index contributed by atoms with van der Waals surface area (Å²) in [7, 11) is 0. The standard InChI is InChI=1S/C32H19ClS/c33-22-15-13-20(14-16-22)24-17-18-30-32(27-11-5-6-12-29(27)34-30)31(24)28-19-21-7-1-2-8-23(21)25-9-3-4-10-26(25)28/h1-19H. The van der Waals surface area contributed by atoms with E-state index in [4.69, 9.17) is 11.6 Å². The van der Waals surface area contributed by atoms with Crippen molar-refractivity contribution >= 4 is 64.7 Å². The summed E-state index contributed by atoms with van der Waals surface area (Å²) in [5, 5.41) is 8.50. The Morgan fingerprint density at radius 2 is 1.18 bits per heavy atom. The second-order valence-electron chi connectivity index (χ2n) is 8.66. The number of thiophene rings is 1. The molecule has 0 spiro atoms. The third-order valence-electron chi connectivity index (χ3n) is 6.74. The van der Waals surface area contributed by atoms with Crippen LogP contribution in [0.4, 0.5) is 0 Å². The lowest BCUT2D eigenvalue weighted by atomic mass is 9.86. The molecule has 0 aliphatic carbocycles. The minimum atomic E-state index is 0.753. The van der Waals surface area contributed by atoms with Gasteiger partial charge in [-0.05, 0) is 74.1 Å². The van der Waals surface area contributed by atoms with Gasteiger partial charge < -0.3 is 0 Å². The highest BCUT2D eigenvalue weighted by molar-refractivity contribution is 7.26. The Balaban J connectivity index is 1.71. The highest BCUT2D eigenvalue weighted by Gasteiger charge is 2.19. The normalized spacial score (nSPS) is 11.7. The molecule has 7 aromatic rings. The Labute approximate surface area is 206 Å². The molecule has 0 fully saturated rings. The highest BCUT2D eigenvalue weighted by Crippen LogP contribution is 2.47. The first kappa shape index (κ1) is 19.8. The molecule has 0 aliphatic rings. The minimum absolute atomic E-state index is 0.753. The van der Waals surface area contributed by atoms with E-state index < -0.39 is 0 Å². The van der Waals surface area contributed by atoms with Crippen LogP contribution in [0, 0.1) is 0 Å². The van der Waals surface area contributed by atoms with E-state index in [1.807, 2.05) is 23.5 Å². The molecule has 0 amide bonds. The van der Waals surface area contributed by atoms with Crippen molar-refractivity contribution in [1.29, 1.82) is 0 Å². The Bertz CT molecular complexity index is 1860. The van der Waals surface area contributed by atoms with Crippen molar-refractivity contribution in [3.05, 3.63) is 120 Å². The van der Waals surface area contributed by atoms with Crippen molar-refractivity contribution in [2.75, 3.05) is 0 Å². The van der Waals surface area contributed by atoms with Gasteiger partial charge in [0.05, 0.1) is 0 Å². The summed E-state index contributed by atoms with van der Waals surface area (Å²) >= 11 is 8.12. The van der Waals surface area contributed by atoms with Crippen LogP contribution < -0.4 is 0 Å². The van der Waals surface area contributed by atoms with Crippen LogP contribution in [0.5, 0.6) is 0 Å². The zero-order chi connectivity index (χ0) is 22.6. The molecule has 6 aromatic carbocycles. The van der Waals surface area contributed by atoms with Gasteiger partial charge in [-0.3, -0.25) is 0 Å². The summed E-state index contributed by atoms with van der Waals surface area (Å²) in [5.41, 5.74) is 4.97. The van der Waals surface area contributed by atoms with E-state index in [-0.39, 0.29) is 0 Å². The second kappa shape index (κ2) is 7.70. The Hall–Kier alpha value is -3.65.